The summed E-state index contributed by atoms with van der Waals surface area (Å²) in [6.45, 7) is 2.57. The number of carbonyl (C=O) groups is 2. The molecule has 0 atom stereocenters. The lowest BCUT2D eigenvalue weighted by Gasteiger charge is -2.11. The van der Waals surface area contributed by atoms with E-state index in [4.69, 9.17) is 17.3 Å². The molecule has 1 aromatic rings. The van der Waals surface area contributed by atoms with Gasteiger partial charge in [0.25, 0.3) is 5.91 Å². The molecule has 1 aromatic carbocycles. The van der Waals surface area contributed by atoms with Crippen molar-refractivity contribution in [3.63, 3.8) is 0 Å². The molecular weight excluding hydrogens is 313 g/mol. The Labute approximate surface area is 135 Å². The van der Waals surface area contributed by atoms with Gasteiger partial charge in [0.1, 0.15) is 0 Å². The molecule has 1 fully saturated rings. The lowest BCUT2D eigenvalue weighted by atomic mass is 10.1. The number of nitrogens with one attached hydrogen (secondary N) is 2. The van der Waals surface area contributed by atoms with Gasteiger partial charge in [0.05, 0.1) is 16.1 Å². The van der Waals surface area contributed by atoms with Crippen molar-refractivity contribution in [1.82, 2.24) is 5.32 Å². The van der Waals surface area contributed by atoms with Crippen LogP contribution in [-0.4, -0.2) is 23.9 Å². The smallest absolute Gasteiger partial charge is 0.252 e. The maximum Gasteiger partial charge on any atom is 0.252 e. The minimum atomic E-state index is -0.732. The fraction of sp³-hybridized carbons (Fsp3) is 0.429. The topological polar surface area (TPSA) is 84.2 Å². The van der Waals surface area contributed by atoms with Crippen molar-refractivity contribution >= 4 is 41.5 Å². The van der Waals surface area contributed by atoms with E-state index in [9.17, 15) is 9.59 Å². The van der Waals surface area contributed by atoms with Crippen LogP contribution in [0.1, 0.15) is 36.5 Å². The zero-order valence-electron chi connectivity index (χ0n) is 11.7. The minimum absolute atomic E-state index is 0. The van der Waals surface area contributed by atoms with Crippen molar-refractivity contribution in [3.8, 4) is 0 Å². The standard InChI is InChI=1S/C14H18ClN3O2.ClH/c1-2-7-17-12(19)10-4-3-9(8-11(10)15)18-13(20)14(16)5-6-14;/h3-4,8H,2,5-7,16H2,1H3,(H,17,19)(H,18,20);1H. The molecule has 1 aliphatic rings. The Hall–Kier alpha value is -1.30. The van der Waals surface area contributed by atoms with Crippen LogP contribution in [0.4, 0.5) is 5.69 Å². The zero-order valence-corrected chi connectivity index (χ0v) is 13.3. The molecule has 2 amide bonds. The van der Waals surface area contributed by atoms with Crippen molar-refractivity contribution in [2.24, 2.45) is 5.73 Å². The van der Waals surface area contributed by atoms with E-state index in [1.165, 1.54) is 0 Å². The predicted molar refractivity (Wildman–Crippen MR) is 86.1 cm³/mol. The zero-order chi connectivity index (χ0) is 14.8. The number of rotatable bonds is 5. The summed E-state index contributed by atoms with van der Waals surface area (Å²) < 4.78 is 0. The highest BCUT2D eigenvalue weighted by Crippen LogP contribution is 2.33. The summed E-state index contributed by atoms with van der Waals surface area (Å²) in [4.78, 5) is 23.6. The molecule has 0 radical (unpaired) electrons. The van der Waals surface area contributed by atoms with Crippen LogP contribution >= 0.6 is 24.0 Å². The third-order valence-electron chi connectivity index (χ3n) is 3.25. The fourth-order valence-electron chi connectivity index (χ4n) is 1.73. The van der Waals surface area contributed by atoms with Crippen molar-refractivity contribution in [2.75, 3.05) is 11.9 Å². The first-order chi connectivity index (χ1) is 9.46. The summed E-state index contributed by atoms with van der Waals surface area (Å²) in [6, 6.07) is 4.81. The number of amides is 2. The van der Waals surface area contributed by atoms with Gasteiger partial charge in [0.2, 0.25) is 5.91 Å². The van der Waals surface area contributed by atoms with Gasteiger partial charge in [-0.05, 0) is 37.5 Å². The third-order valence-corrected chi connectivity index (χ3v) is 3.56. The van der Waals surface area contributed by atoms with Gasteiger partial charge in [-0.3, -0.25) is 9.59 Å². The largest absolute Gasteiger partial charge is 0.352 e. The summed E-state index contributed by atoms with van der Waals surface area (Å²) in [5.41, 5.74) is 6.01. The Kier molecular flexibility index (Phi) is 6.01. The summed E-state index contributed by atoms with van der Waals surface area (Å²) in [5, 5.41) is 5.77. The highest BCUT2D eigenvalue weighted by atomic mass is 35.5. The summed E-state index contributed by atoms with van der Waals surface area (Å²) >= 11 is 6.07. The van der Waals surface area contributed by atoms with Gasteiger partial charge in [-0.25, -0.2) is 0 Å². The summed E-state index contributed by atoms with van der Waals surface area (Å²) in [5.74, 6) is -0.427. The SMILES string of the molecule is CCCNC(=O)c1ccc(NC(=O)C2(N)CC2)cc1Cl.Cl. The first-order valence-corrected chi connectivity index (χ1v) is 7.02. The van der Waals surface area contributed by atoms with Gasteiger partial charge < -0.3 is 16.4 Å². The summed E-state index contributed by atoms with van der Waals surface area (Å²) in [7, 11) is 0. The van der Waals surface area contributed by atoms with Crippen LogP contribution in [0.25, 0.3) is 0 Å². The Morgan fingerprint density at radius 3 is 2.57 bits per heavy atom. The van der Waals surface area contributed by atoms with E-state index in [1.807, 2.05) is 6.92 Å². The number of anilines is 1. The molecule has 2 rings (SSSR count). The first kappa shape index (κ1) is 17.8. The molecular formula is C14H19Cl2N3O2. The Morgan fingerprint density at radius 2 is 2.05 bits per heavy atom. The maximum atomic E-state index is 11.8. The Morgan fingerprint density at radius 1 is 1.38 bits per heavy atom. The molecule has 21 heavy (non-hydrogen) atoms. The van der Waals surface area contributed by atoms with E-state index in [1.54, 1.807) is 18.2 Å². The molecule has 4 N–H and O–H groups in total. The van der Waals surface area contributed by atoms with Crippen LogP contribution in [0.3, 0.4) is 0 Å². The van der Waals surface area contributed by atoms with Gasteiger partial charge in [0.15, 0.2) is 0 Å². The number of hydrogen-bond acceptors (Lipinski definition) is 3. The summed E-state index contributed by atoms with van der Waals surface area (Å²) in [6.07, 6.45) is 2.25. The van der Waals surface area contributed by atoms with Gasteiger partial charge in [-0.2, -0.15) is 0 Å². The van der Waals surface area contributed by atoms with Crippen LogP contribution in [0.5, 0.6) is 0 Å². The fourth-order valence-corrected chi connectivity index (χ4v) is 1.99. The average molecular weight is 332 g/mol. The van der Waals surface area contributed by atoms with E-state index in [0.29, 0.717) is 35.7 Å². The average Bonchev–Trinajstić information content (AvgIpc) is 3.15. The van der Waals surface area contributed by atoms with Crippen LogP contribution in [-0.2, 0) is 4.79 Å². The monoisotopic (exact) mass is 331 g/mol. The van der Waals surface area contributed by atoms with Gasteiger partial charge >= 0.3 is 0 Å². The van der Waals surface area contributed by atoms with Crippen molar-refractivity contribution in [3.05, 3.63) is 28.8 Å². The Bertz CT molecular complexity index is 545. The number of carbonyl (C=O) groups excluding carboxylic acids is 2. The van der Waals surface area contributed by atoms with E-state index < -0.39 is 5.54 Å². The third kappa shape index (κ3) is 4.33. The lowest BCUT2D eigenvalue weighted by Crippen LogP contribution is -2.37. The molecule has 0 aliphatic heterocycles. The maximum absolute atomic E-state index is 11.8. The van der Waals surface area contributed by atoms with Crippen LogP contribution in [0.15, 0.2) is 18.2 Å². The highest BCUT2D eigenvalue weighted by molar-refractivity contribution is 6.34. The van der Waals surface area contributed by atoms with E-state index in [-0.39, 0.29) is 24.2 Å². The lowest BCUT2D eigenvalue weighted by molar-refractivity contribution is -0.118. The predicted octanol–water partition coefficient (Wildman–Crippen LogP) is 2.33. The molecule has 0 spiro atoms. The van der Waals surface area contributed by atoms with Crippen LogP contribution < -0.4 is 16.4 Å². The molecule has 7 heteroatoms. The number of benzene rings is 1. The second kappa shape index (κ2) is 7.11. The van der Waals surface area contributed by atoms with Gasteiger partial charge in [-0.1, -0.05) is 18.5 Å². The van der Waals surface area contributed by atoms with Crippen LogP contribution in [0, 0.1) is 0 Å². The second-order valence-corrected chi connectivity index (χ2v) is 5.47. The number of nitrogens with two attached hydrogens (primary N) is 1. The molecule has 0 unspecified atom stereocenters. The molecule has 0 aromatic heterocycles. The molecule has 1 saturated carbocycles. The van der Waals surface area contributed by atoms with Gasteiger partial charge in [-0.15, -0.1) is 12.4 Å². The van der Waals surface area contributed by atoms with Crippen molar-refractivity contribution in [1.29, 1.82) is 0 Å². The van der Waals surface area contributed by atoms with Crippen LogP contribution in [0.2, 0.25) is 5.02 Å². The molecule has 116 valence electrons. The number of halogens is 2. The van der Waals surface area contributed by atoms with E-state index in [2.05, 4.69) is 10.6 Å². The molecule has 1 aliphatic carbocycles. The minimum Gasteiger partial charge on any atom is -0.352 e. The van der Waals surface area contributed by atoms with Crippen molar-refractivity contribution in [2.45, 2.75) is 31.7 Å². The normalized spacial score (nSPS) is 14.8. The Balaban J connectivity index is 0.00000220. The van der Waals surface area contributed by atoms with E-state index in [0.717, 1.165) is 6.42 Å². The quantitative estimate of drug-likeness (QED) is 0.774. The molecule has 0 saturated heterocycles. The highest BCUT2D eigenvalue weighted by Gasteiger charge is 2.45. The number of hydrogen-bond donors (Lipinski definition) is 3. The molecule has 0 heterocycles. The van der Waals surface area contributed by atoms with E-state index >= 15 is 0 Å². The molecule has 5 nitrogen and oxygen atoms in total. The second-order valence-electron chi connectivity index (χ2n) is 5.06. The molecule has 0 bridgehead atoms. The first-order valence-electron chi connectivity index (χ1n) is 6.64. The van der Waals surface area contributed by atoms with Crippen molar-refractivity contribution < 1.29 is 9.59 Å². The van der Waals surface area contributed by atoms with Gasteiger partial charge in [0, 0.05) is 12.2 Å².